The first-order valence-electron chi connectivity index (χ1n) is 11.8. The molecular formula is C28H28N4O2S. The van der Waals surface area contributed by atoms with Crippen molar-refractivity contribution in [3.05, 3.63) is 95.6 Å². The highest BCUT2D eigenvalue weighted by atomic mass is 32.2. The molecule has 1 amide bonds. The standard InChI is InChI=1S/C28H28N4O2S/c1-34-25-13-11-23(12-14-25)27-29-30-28(32(27)18-15-21-7-3-2-4-8-21)35-20-26(33)31-17-16-22-9-5-6-10-24(22)19-31/h2-14H,15-20H2,1H3. The molecule has 0 radical (unpaired) electrons. The van der Waals surface area contributed by atoms with Gasteiger partial charge in [-0.05, 0) is 53.8 Å². The van der Waals surface area contributed by atoms with E-state index in [1.165, 1.54) is 28.5 Å². The van der Waals surface area contributed by atoms with Gasteiger partial charge in [-0.3, -0.25) is 4.79 Å². The first-order valence-corrected chi connectivity index (χ1v) is 12.8. The van der Waals surface area contributed by atoms with Gasteiger partial charge in [-0.2, -0.15) is 0 Å². The van der Waals surface area contributed by atoms with E-state index in [2.05, 4.69) is 57.2 Å². The van der Waals surface area contributed by atoms with Gasteiger partial charge in [0.05, 0.1) is 12.9 Å². The van der Waals surface area contributed by atoms with Crippen LogP contribution >= 0.6 is 11.8 Å². The molecule has 0 saturated heterocycles. The third-order valence-electron chi connectivity index (χ3n) is 6.34. The van der Waals surface area contributed by atoms with E-state index in [0.717, 1.165) is 48.2 Å². The van der Waals surface area contributed by atoms with Gasteiger partial charge < -0.3 is 14.2 Å². The van der Waals surface area contributed by atoms with E-state index >= 15 is 0 Å². The Morgan fingerprint density at radius 2 is 1.69 bits per heavy atom. The van der Waals surface area contributed by atoms with Crippen molar-refractivity contribution < 1.29 is 9.53 Å². The second-order valence-corrected chi connectivity index (χ2v) is 9.49. The molecule has 1 aliphatic rings. The molecule has 6 nitrogen and oxygen atoms in total. The second-order valence-electron chi connectivity index (χ2n) is 8.54. The lowest BCUT2D eigenvalue weighted by atomic mass is 10.00. The highest BCUT2D eigenvalue weighted by Crippen LogP contribution is 2.27. The molecule has 4 aromatic rings. The fourth-order valence-corrected chi connectivity index (χ4v) is 5.23. The molecule has 5 rings (SSSR count). The van der Waals surface area contributed by atoms with E-state index in [1.807, 2.05) is 41.3 Å². The maximum absolute atomic E-state index is 13.1. The average molecular weight is 485 g/mol. The van der Waals surface area contributed by atoms with E-state index < -0.39 is 0 Å². The summed E-state index contributed by atoms with van der Waals surface area (Å²) in [5.74, 6) is 2.07. The monoisotopic (exact) mass is 484 g/mol. The van der Waals surface area contributed by atoms with Crippen molar-refractivity contribution in [3.8, 4) is 17.1 Å². The number of rotatable bonds is 8. The number of carbonyl (C=O) groups is 1. The van der Waals surface area contributed by atoms with Gasteiger partial charge in [0.1, 0.15) is 5.75 Å². The predicted octanol–water partition coefficient (Wildman–Crippen LogP) is 4.87. The summed E-state index contributed by atoms with van der Waals surface area (Å²) >= 11 is 1.46. The first-order chi connectivity index (χ1) is 17.2. The summed E-state index contributed by atoms with van der Waals surface area (Å²) in [5.41, 5.74) is 4.80. The normalized spacial score (nSPS) is 12.9. The summed E-state index contributed by atoms with van der Waals surface area (Å²) in [6.07, 6.45) is 1.76. The lowest BCUT2D eigenvalue weighted by Gasteiger charge is -2.28. The fourth-order valence-electron chi connectivity index (χ4n) is 4.36. The van der Waals surface area contributed by atoms with Crippen molar-refractivity contribution in [2.24, 2.45) is 0 Å². The Morgan fingerprint density at radius 3 is 2.46 bits per heavy atom. The summed E-state index contributed by atoms with van der Waals surface area (Å²) in [7, 11) is 1.66. The molecule has 1 aliphatic heterocycles. The average Bonchev–Trinajstić information content (AvgIpc) is 3.33. The Kier molecular flexibility index (Phi) is 7.14. The summed E-state index contributed by atoms with van der Waals surface area (Å²) in [5, 5.41) is 9.74. The number of aromatic nitrogens is 3. The van der Waals surface area contributed by atoms with E-state index in [-0.39, 0.29) is 5.91 Å². The zero-order valence-electron chi connectivity index (χ0n) is 19.8. The molecule has 0 aliphatic carbocycles. The van der Waals surface area contributed by atoms with Crippen LogP contribution in [0.4, 0.5) is 0 Å². The molecule has 3 aromatic carbocycles. The number of aryl methyl sites for hydroxylation is 1. The van der Waals surface area contributed by atoms with Crippen LogP contribution in [-0.2, 0) is 30.7 Å². The van der Waals surface area contributed by atoms with Crippen LogP contribution in [-0.4, -0.2) is 45.0 Å². The van der Waals surface area contributed by atoms with Crippen LogP contribution in [0.2, 0.25) is 0 Å². The number of hydrogen-bond donors (Lipinski definition) is 0. The number of methoxy groups -OCH3 is 1. The van der Waals surface area contributed by atoms with Crippen LogP contribution in [0.1, 0.15) is 16.7 Å². The highest BCUT2D eigenvalue weighted by Gasteiger charge is 2.22. The zero-order valence-corrected chi connectivity index (χ0v) is 20.6. The largest absolute Gasteiger partial charge is 0.497 e. The van der Waals surface area contributed by atoms with E-state index in [0.29, 0.717) is 12.3 Å². The van der Waals surface area contributed by atoms with Gasteiger partial charge in [-0.1, -0.05) is 66.4 Å². The molecule has 178 valence electrons. The van der Waals surface area contributed by atoms with E-state index in [4.69, 9.17) is 4.74 Å². The molecule has 7 heteroatoms. The third kappa shape index (κ3) is 5.41. The van der Waals surface area contributed by atoms with Crippen LogP contribution in [0.5, 0.6) is 5.75 Å². The Hall–Kier alpha value is -3.58. The van der Waals surface area contributed by atoms with Gasteiger partial charge in [0, 0.05) is 25.2 Å². The van der Waals surface area contributed by atoms with Crippen molar-refractivity contribution in [2.75, 3.05) is 19.4 Å². The fraction of sp³-hybridized carbons (Fsp3) is 0.250. The van der Waals surface area contributed by atoms with Crippen molar-refractivity contribution >= 4 is 17.7 Å². The minimum absolute atomic E-state index is 0.133. The quantitative estimate of drug-likeness (QED) is 0.334. The van der Waals surface area contributed by atoms with E-state index in [9.17, 15) is 4.79 Å². The number of hydrogen-bond acceptors (Lipinski definition) is 5. The molecule has 0 fully saturated rings. The Balaban J connectivity index is 1.32. The number of fused-ring (bicyclic) bond motifs is 1. The zero-order chi connectivity index (χ0) is 24.0. The number of ether oxygens (including phenoxy) is 1. The van der Waals surface area contributed by atoms with Crippen LogP contribution in [0.25, 0.3) is 11.4 Å². The minimum atomic E-state index is 0.133. The first kappa shape index (κ1) is 23.2. The van der Waals surface area contributed by atoms with Crippen molar-refractivity contribution in [1.82, 2.24) is 19.7 Å². The van der Waals surface area contributed by atoms with Crippen molar-refractivity contribution in [2.45, 2.75) is 31.1 Å². The Morgan fingerprint density at radius 1 is 0.943 bits per heavy atom. The molecular weight excluding hydrogens is 456 g/mol. The summed E-state index contributed by atoms with van der Waals surface area (Å²) in [6, 6.07) is 26.6. The maximum atomic E-state index is 13.1. The lowest BCUT2D eigenvalue weighted by Crippen LogP contribution is -2.37. The van der Waals surface area contributed by atoms with Gasteiger partial charge in [-0.15, -0.1) is 10.2 Å². The molecule has 2 heterocycles. The van der Waals surface area contributed by atoms with Gasteiger partial charge in [0.25, 0.3) is 0 Å². The number of nitrogens with zero attached hydrogens (tertiary/aromatic N) is 4. The molecule has 1 aromatic heterocycles. The van der Waals surface area contributed by atoms with Crippen LogP contribution < -0.4 is 4.74 Å². The molecule has 0 atom stereocenters. The van der Waals surface area contributed by atoms with Gasteiger partial charge in [0.2, 0.25) is 5.91 Å². The lowest BCUT2D eigenvalue weighted by molar-refractivity contribution is -0.129. The summed E-state index contributed by atoms with van der Waals surface area (Å²) < 4.78 is 7.42. The van der Waals surface area contributed by atoms with Crippen molar-refractivity contribution in [1.29, 1.82) is 0 Å². The molecule has 0 saturated carbocycles. The topological polar surface area (TPSA) is 60.3 Å². The maximum Gasteiger partial charge on any atom is 0.233 e. The molecule has 0 bridgehead atoms. The molecule has 0 unspecified atom stereocenters. The number of amides is 1. The van der Waals surface area contributed by atoms with Gasteiger partial charge in [0.15, 0.2) is 11.0 Å². The molecule has 35 heavy (non-hydrogen) atoms. The van der Waals surface area contributed by atoms with Crippen LogP contribution in [0, 0.1) is 0 Å². The Labute approximate surface area is 210 Å². The SMILES string of the molecule is COc1ccc(-c2nnc(SCC(=O)N3CCc4ccccc4C3)n2CCc2ccccc2)cc1. The smallest absolute Gasteiger partial charge is 0.233 e. The Bertz CT molecular complexity index is 1290. The van der Waals surface area contributed by atoms with Crippen LogP contribution in [0.3, 0.4) is 0 Å². The highest BCUT2D eigenvalue weighted by molar-refractivity contribution is 7.99. The van der Waals surface area contributed by atoms with Gasteiger partial charge >= 0.3 is 0 Å². The third-order valence-corrected chi connectivity index (χ3v) is 7.29. The minimum Gasteiger partial charge on any atom is -0.497 e. The molecule has 0 spiro atoms. The van der Waals surface area contributed by atoms with Crippen molar-refractivity contribution in [3.63, 3.8) is 0 Å². The predicted molar refractivity (Wildman–Crippen MR) is 138 cm³/mol. The van der Waals surface area contributed by atoms with Gasteiger partial charge in [-0.25, -0.2) is 0 Å². The molecule has 0 N–H and O–H groups in total. The number of benzene rings is 3. The number of carbonyl (C=O) groups excluding carboxylic acids is 1. The summed E-state index contributed by atoms with van der Waals surface area (Å²) in [6.45, 7) is 2.16. The van der Waals surface area contributed by atoms with Crippen LogP contribution in [0.15, 0.2) is 84.0 Å². The number of thioether (sulfide) groups is 1. The second kappa shape index (κ2) is 10.8. The summed E-state index contributed by atoms with van der Waals surface area (Å²) in [4.78, 5) is 15.0. The van der Waals surface area contributed by atoms with E-state index in [1.54, 1.807) is 7.11 Å².